The lowest BCUT2D eigenvalue weighted by Crippen LogP contribution is -2.47. The second-order valence-electron chi connectivity index (χ2n) is 6.93. The van der Waals surface area contributed by atoms with Crippen molar-refractivity contribution in [2.45, 2.75) is 13.5 Å². The molecule has 0 spiro atoms. The Morgan fingerprint density at radius 2 is 1.74 bits per heavy atom. The number of nitrogens with zero attached hydrogens (tertiary/aromatic N) is 3. The molecule has 0 saturated carbocycles. The van der Waals surface area contributed by atoms with Crippen LogP contribution in [0.25, 0.3) is 10.9 Å². The Bertz CT molecular complexity index is 1160. The molecule has 10 nitrogen and oxygen atoms in total. The highest BCUT2D eigenvalue weighted by Gasteiger charge is 2.26. The first-order chi connectivity index (χ1) is 14.6. The minimum Gasteiger partial charge on any atom is -0.478 e. The van der Waals surface area contributed by atoms with Crippen molar-refractivity contribution in [2.75, 3.05) is 31.1 Å². The molecule has 1 aromatic carbocycles. The van der Waals surface area contributed by atoms with Crippen LogP contribution in [0.1, 0.15) is 17.3 Å². The van der Waals surface area contributed by atoms with Crippen LogP contribution >= 0.6 is 0 Å². The summed E-state index contributed by atoms with van der Waals surface area (Å²) in [6, 6.07) is 2.49. The van der Waals surface area contributed by atoms with E-state index in [2.05, 4.69) is 0 Å². The van der Waals surface area contributed by atoms with Crippen LogP contribution in [0.5, 0.6) is 0 Å². The van der Waals surface area contributed by atoms with E-state index in [1.165, 1.54) is 17.2 Å². The quantitative estimate of drug-likeness (QED) is 0.570. The Balaban J connectivity index is 1.96. The van der Waals surface area contributed by atoms with Crippen LogP contribution in [0.2, 0.25) is 0 Å². The number of aromatic nitrogens is 1. The van der Waals surface area contributed by atoms with E-state index in [9.17, 15) is 33.8 Å². The third-order valence-corrected chi connectivity index (χ3v) is 5.16. The number of aromatic carboxylic acids is 1. The monoisotopic (exact) mass is 433 g/mol. The number of aryl methyl sites for hydroxylation is 1. The van der Waals surface area contributed by atoms with Crippen molar-refractivity contribution < 1.29 is 34.1 Å². The topological polar surface area (TPSA) is 140 Å². The van der Waals surface area contributed by atoms with E-state index < -0.39 is 34.7 Å². The number of benzene rings is 1. The number of hydrogen-bond acceptors (Lipinski definition) is 6. The van der Waals surface area contributed by atoms with E-state index in [4.69, 9.17) is 5.11 Å². The first-order valence-electron chi connectivity index (χ1n) is 9.41. The highest BCUT2D eigenvalue weighted by atomic mass is 19.1. The van der Waals surface area contributed by atoms with Gasteiger partial charge in [0.15, 0.2) is 0 Å². The predicted octanol–water partition coefficient (Wildman–Crippen LogP) is 1.03. The summed E-state index contributed by atoms with van der Waals surface area (Å²) in [6.45, 7) is 2.87. The Labute approximate surface area is 175 Å². The van der Waals surface area contributed by atoms with Gasteiger partial charge in [-0.3, -0.25) is 4.79 Å². The van der Waals surface area contributed by atoms with Crippen LogP contribution in [0.15, 0.2) is 34.9 Å². The van der Waals surface area contributed by atoms with E-state index in [0.717, 1.165) is 6.07 Å². The number of hydrogen-bond donors (Lipinski definition) is 3. The number of carboxylic acid groups (broad SMARTS) is 3. The van der Waals surface area contributed by atoms with Gasteiger partial charge in [0.25, 0.3) is 0 Å². The summed E-state index contributed by atoms with van der Waals surface area (Å²) in [5, 5.41) is 27.3. The van der Waals surface area contributed by atoms with Gasteiger partial charge in [-0.2, -0.15) is 0 Å². The molecule has 1 aliphatic rings. The molecule has 11 heteroatoms. The Hall–Kier alpha value is -3.89. The van der Waals surface area contributed by atoms with Crippen LogP contribution in [0.4, 0.5) is 10.1 Å². The van der Waals surface area contributed by atoms with E-state index in [-0.39, 0.29) is 42.9 Å². The standard InChI is InChI=1S/C20H20FN3O7/c1-2-22-10-12(19(28)29)18(27)11-7-13(21)15(8-14(11)22)23-3-5-24(6-4-23)16(20(30)31)9-17(25)26/h7-10H,2-6H2,1H3,(H,25,26)(H,28,29)(H,30,31). The van der Waals surface area contributed by atoms with Crippen molar-refractivity contribution in [3.05, 3.63) is 51.7 Å². The number of anilines is 1. The van der Waals surface area contributed by atoms with Crippen LogP contribution in [0.3, 0.4) is 0 Å². The molecule has 0 unspecified atom stereocenters. The van der Waals surface area contributed by atoms with Crippen molar-refractivity contribution in [1.82, 2.24) is 9.47 Å². The van der Waals surface area contributed by atoms with Crippen LogP contribution in [0, 0.1) is 5.82 Å². The summed E-state index contributed by atoms with van der Waals surface area (Å²) < 4.78 is 16.4. The lowest BCUT2D eigenvalue weighted by Gasteiger charge is -2.37. The lowest BCUT2D eigenvalue weighted by molar-refractivity contribution is -0.136. The van der Waals surface area contributed by atoms with Gasteiger partial charge in [-0.15, -0.1) is 0 Å². The van der Waals surface area contributed by atoms with Gasteiger partial charge in [0.2, 0.25) is 5.43 Å². The normalized spacial score (nSPS) is 14.7. The second-order valence-corrected chi connectivity index (χ2v) is 6.93. The van der Waals surface area contributed by atoms with E-state index in [1.807, 2.05) is 0 Å². The minimum atomic E-state index is -1.39. The highest BCUT2D eigenvalue weighted by molar-refractivity contribution is 5.94. The van der Waals surface area contributed by atoms with Gasteiger partial charge in [0, 0.05) is 44.3 Å². The number of piperazine rings is 1. The molecular weight excluding hydrogens is 413 g/mol. The largest absolute Gasteiger partial charge is 0.478 e. The molecule has 1 fully saturated rings. The van der Waals surface area contributed by atoms with E-state index >= 15 is 0 Å². The van der Waals surface area contributed by atoms with Gasteiger partial charge in [-0.05, 0) is 19.1 Å². The molecule has 3 N–H and O–H groups in total. The molecule has 2 heterocycles. The molecule has 2 aromatic rings. The number of carbonyl (C=O) groups is 3. The average Bonchev–Trinajstić information content (AvgIpc) is 2.72. The molecule has 3 rings (SSSR count). The fourth-order valence-electron chi connectivity index (χ4n) is 3.65. The fraction of sp³-hybridized carbons (Fsp3) is 0.300. The third kappa shape index (κ3) is 4.20. The number of fused-ring (bicyclic) bond motifs is 1. The molecule has 0 radical (unpaired) electrons. The zero-order chi connectivity index (χ0) is 22.9. The Kier molecular flexibility index (Phi) is 5.95. The van der Waals surface area contributed by atoms with Gasteiger partial charge in [-0.1, -0.05) is 0 Å². The average molecular weight is 433 g/mol. The number of carboxylic acids is 3. The SMILES string of the molecule is CCn1cc(C(=O)O)c(=O)c2cc(F)c(N3CCN(C(=CC(=O)O)C(=O)O)CC3)cc21. The lowest BCUT2D eigenvalue weighted by atomic mass is 10.1. The maximum atomic E-state index is 14.9. The summed E-state index contributed by atoms with van der Waals surface area (Å²) in [4.78, 5) is 49.1. The van der Waals surface area contributed by atoms with Crippen molar-refractivity contribution >= 4 is 34.5 Å². The molecule has 0 amide bonds. The third-order valence-electron chi connectivity index (χ3n) is 5.16. The number of pyridine rings is 1. The zero-order valence-corrected chi connectivity index (χ0v) is 16.5. The fourth-order valence-corrected chi connectivity index (χ4v) is 3.65. The van der Waals surface area contributed by atoms with Crippen LogP contribution in [-0.4, -0.2) is 68.9 Å². The van der Waals surface area contributed by atoms with Crippen molar-refractivity contribution in [2.24, 2.45) is 0 Å². The first-order valence-corrected chi connectivity index (χ1v) is 9.41. The highest BCUT2D eigenvalue weighted by Crippen LogP contribution is 2.27. The van der Waals surface area contributed by atoms with Crippen molar-refractivity contribution in [3.8, 4) is 0 Å². The molecule has 0 bridgehead atoms. The van der Waals surface area contributed by atoms with Gasteiger partial charge in [0.05, 0.1) is 17.3 Å². The van der Waals surface area contributed by atoms with Gasteiger partial charge in [0.1, 0.15) is 17.1 Å². The Morgan fingerprint density at radius 3 is 2.26 bits per heavy atom. The Morgan fingerprint density at radius 1 is 1.10 bits per heavy atom. The smallest absolute Gasteiger partial charge is 0.352 e. The van der Waals surface area contributed by atoms with Gasteiger partial charge >= 0.3 is 17.9 Å². The van der Waals surface area contributed by atoms with Crippen molar-refractivity contribution in [1.29, 1.82) is 0 Å². The van der Waals surface area contributed by atoms with Gasteiger partial charge < -0.3 is 29.7 Å². The molecule has 0 atom stereocenters. The minimum absolute atomic E-state index is 0.0424. The summed E-state index contributed by atoms with van der Waals surface area (Å²) in [5.74, 6) is -4.84. The zero-order valence-electron chi connectivity index (χ0n) is 16.5. The first kappa shape index (κ1) is 21.8. The van der Waals surface area contributed by atoms with Crippen LogP contribution in [-0.2, 0) is 16.1 Å². The molecular formula is C20H20FN3O7. The predicted molar refractivity (Wildman–Crippen MR) is 108 cm³/mol. The molecule has 164 valence electrons. The van der Waals surface area contributed by atoms with Crippen LogP contribution < -0.4 is 10.3 Å². The molecule has 31 heavy (non-hydrogen) atoms. The molecule has 1 saturated heterocycles. The maximum Gasteiger partial charge on any atom is 0.352 e. The molecule has 0 aliphatic carbocycles. The summed E-state index contributed by atoms with van der Waals surface area (Å²) in [5.41, 5.74) is -0.995. The summed E-state index contributed by atoms with van der Waals surface area (Å²) in [7, 11) is 0. The van der Waals surface area contributed by atoms with Crippen molar-refractivity contribution in [3.63, 3.8) is 0 Å². The summed E-state index contributed by atoms with van der Waals surface area (Å²) in [6.07, 6.45) is 1.84. The number of halogens is 1. The van der Waals surface area contributed by atoms with Gasteiger partial charge in [-0.25, -0.2) is 18.8 Å². The maximum absolute atomic E-state index is 14.9. The number of aliphatic carboxylic acids is 2. The summed E-state index contributed by atoms with van der Waals surface area (Å²) >= 11 is 0. The van der Waals surface area contributed by atoms with E-state index in [1.54, 1.807) is 16.4 Å². The number of rotatable bonds is 6. The molecule has 1 aliphatic heterocycles. The van der Waals surface area contributed by atoms with E-state index in [0.29, 0.717) is 18.1 Å². The molecule has 1 aromatic heterocycles. The second kappa shape index (κ2) is 8.46.